The van der Waals surface area contributed by atoms with Gasteiger partial charge in [0, 0.05) is 17.6 Å². The number of nitrogens with zero attached hydrogens (tertiary/aromatic N) is 5. The smallest absolute Gasteiger partial charge is 0.253 e. The lowest BCUT2D eigenvalue weighted by molar-refractivity contribution is 0.138. The molecule has 0 bridgehead atoms. The van der Waals surface area contributed by atoms with Crippen molar-refractivity contribution in [1.29, 1.82) is 0 Å². The summed E-state index contributed by atoms with van der Waals surface area (Å²) in [7, 11) is 2.25. The first-order valence-electron chi connectivity index (χ1n) is 10.5. The summed E-state index contributed by atoms with van der Waals surface area (Å²) in [6.07, 6.45) is 5.07. The third-order valence-electron chi connectivity index (χ3n) is 6.36. The molecule has 2 atom stereocenters. The summed E-state index contributed by atoms with van der Waals surface area (Å²) in [5, 5.41) is 12.9. The van der Waals surface area contributed by atoms with E-state index >= 15 is 0 Å². The number of hydrogen-bond acceptors (Lipinski definition) is 7. The van der Waals surface area contributed by atoms with Crippen LogP contribution in [0.3, 0.4) is 0 Å². The molecule has 7 nitrogen and oxygen atoms in total. The van der Waals surface area contributed by atoms with Gasteiger partial charge in [0.1, 0.15) is 17.0 Å². The molecule has 29 heavy (non-hydrogen) atoms. The lowest BCUT2D eigenvalue weighted by atomic mass is 10.0. The molecular weight excluding hydrogens is 366 g/mol. The van der Waals surface area contributed by atoms with Gasteiger partial charge in [-0.3, -0.25) is 4.90 Å². The van der Waals surface area contributed by atoms with Crippen molar-refractivity contribution in [1.82, 2.24) is 25.2 Å². The highest BCUT2D eigenvalue weighted by atomic mass is 16.5. The lowest BCUT2D eigenvalue weighted by Crippen LogP contribution is -2.44. The van der Waals surface area contributed by atoms with Crippen LogP contribution in [0.4, 0.5) is 0 Å². The Kier molecular flexibility index (Phi) is 4.93. The summed E-state index contributed by atoms with van der Waals surface area (Å²) >= 11 is 0. The van der Waals surface area contributed by atoms with E-state index in [1.54, 1.807) is 0 Å². The van der Waals surface area contributed by atoms with E-state index in [0.29, 0.717) is 36.2 Å². The highest BCUT2D eigenvalue weighted by molar-refractivity contribution is 5.77. The number of benzene rings is 1. The van der Waals surface area contributed by atoms with Crippen molar-refractivity contribution in [2.45, 2.75) is 51.2 Å². The minimum absolute atomic E-state index is 0.478. The van der Waals surface area contributed by atoms with Crippen molar-refractivity contribution < 1.29 is 8.94 Å². The molecule has 3 aromatic rings. The van der Waals surface area contributed by atoms with Gasteiger partial charge in [-0.2, -0.15) is 0 Å². The Labute approximate surface area is 170 Å². The van der Waals surface area contributed by atoms with E-state index in [1.165, 1.54) is 32.2 Å². The van der Waals surface area contributed by atoms with Crippen LogP contribution in [0.15, 0.2) is 39.3 Å². The summed E-state index contributed by atoms with van der Waals surface area (Å²) in [6, 6.07) is 11.2. The van der Waals surface area contributed by atoms with Crippen molar-refractivity contribution in [3.8, 4) is 22.7 Å². The van der Waals surface area contributed by atoms with Crippen LogP contribution in [0.5, 0.6) is 0 Å². The molecule has 5 rings (SSSR count). The highest BCUT2D eigenvalue weighted by Crippen LogP contribution is 2.34. The summed E-state index contributed by atoms with van der Waals surface area (Å²) in [6.45, 7) is 4.88. The molecule has 2 aromatic heterocycles. The van der Waals surface area contributed by atoms with Gasteiger partial charge >= 0.3 is 0 Å². The number of aromatic nitrogens is 3. The number of rotatable bonds is 5. The van der Waals surface area contributed by atoms with E-state index in [1.807, 2.05) is 37.3 Å². The molecule has 0 spiro atoms. The normalized spacial score (nSPS) is 23.2. The van der Waals surface area contributed by atoms with E-state index in [4.69, 9.17) is 8.94 Å². The maximum absolute atomic E-state index is 6.09. The molecule has 0 amide bonds. The molecule has 0 radical (unpaired) electrons. The van der Waals surface area contributed by atoms with E-state index in [2.05, 4.69) is 32.2 Å². The zero-order valence-corrected chi connectivity index (χ0v) is 17.0. The van der Waals surface area contributed by atoms with E-state index < -0.39 is 0 Å². The Balaban J connectivity index is 1.37. The molecule has 2 saturated heterocycles. The van der Waals surface area contributed by atoms with Gasteiger partial charge in [0.15, 0.2) is 0 Å². The monoisotopic (exact) mass is 393 g/mol. The molecule has 0 saturated carbocycles. The molecule has 0 unspecified atom stereocenters. The minimum Gasteiger partial charge on any atom is -0.419 e. The summed E-state index contributed by atoms with van der Waals surface area (Å²) < 4.78 is 11.5. The first kappa shape index (κ1) is 18.5. The van der Waals surface area contributed by atoms with Crippen LogP contribution < -0.4 is 0 Å². The summed E-state index contributed by atoms with van der Waals surface area (Å²) in [4.78, 5) is 5.03. The van der Waals surface area contributed by atoms with E-state index in [0.717, 1.165) is 23.4 Å². The molecule has 2 fully saturated rings. The summed E-state index contributed by atoms with van der Waals surface area (Å²) in [5.74, 6) is 1.82. The van der Waals surface area contributed by atoms with Crippen LogP contribution in [-0.4, -0.2) is 57.4 Å². The second-order valence-electron chi connectivity index (χ2n) is 8.20. The van der Waals surface area contributed by atoms with Crippen LogP contribution in [0.25, 0.3) is 22.7 Å². The predicted molar refractivity (Wildman–Crippen MR) is 109 cm³/mol. The fourth-order valence-electron chi connectivity index (χ4n) is 4.92. The fraction of sp³-hybridized carbons (Fsp3) is 0.500. The van der Waals surface area contributed by atoms with Crippen molar-refractivity contribution in [2.75, 3.05) is 20.1 Å². The van der Waals surface area contributed by atoms with Gasteiger partial charge < -0.3 is 13.8 Å². The first-order valence-corrected chi connectivity index (χ1v) is 10.5. The van der Waals surface area contributed by atoms with Gasteiger partial charge in [0.05, 0.1) is 6.54 Å². The molecule has 4 heterocycles. The number of hydrogen-bond donors (Lipinski definition) is 0. The van der Waals surface area contributed by atoms with Crippen molar-refractivity contribution in [2.24, 2.45) is 0 Å². The van der Waals surface area contributed by atoms with Gasteiger partial charge in [-0.1, -0.05) is 35.5 Å². The number of likely N-dealkylation sites (tertiary alicyclic amines) is 2. The maximum Gasteiger partial charge on any atom is 0.253 e. The number of likely N-dealkylation sites (N-methyl/N-ethyl adjacent to an activating group) is 1. The van der Waals surface area contributed by atoms with Crippen LogP contribution in [0.2, 0.25) is 0 Å². The van der Waals surface area contributed by atoms with Gasteiger partial charge in [0.25, 0.3) is 5.89 Å². The molecule has 1 aromatic carbocycles. The van der Waals surface area contributed by atoms with Crippen molar-refractivity contribution in [3.63, 3.8) is 0 Å². The Morgan fingerprint density at radius 2 is 1.83 bits per heavy atom. The lowest BCUT2D eigenvalue weighted by Gasteiger charge is -2.32. The molecular formula is C22H27N5O2. The summed E-state index contributed by atoms with van der Waals surface area (Å²) in [5.41, 5.74) is 2.50. The van der Waals surface area contributed by atoms with Crippen LogP contribution >= 0.6 is 0 Å². The van der Waals surface area contributed by atoms with Gasteiger partial charge in [-0.15, -0.1) is 10.2 Å². The Morgan fingerprint density at radius 1 is 1.03 bits per heavy atom. The third kappa shape index (κ3) is 3.49. The Hall–Kier alpha value is -2.51. The maximum atomic E-state index is 6.09. The number of aryl methyl sites for hydroxylation is 1. The molecule has 2 aliphatic heterocycles. The van der Waals surface area contributed by atoms with Crippen molar-refractivity contribution >= 4 is 0 Å². The SMILES string of the molecule is Cc1onc(-c2ccccc2)c1-c1nnc(CN2CCC[C@@H]2[C@@H]2CCCN2C)o1. The van der Waals surface area contributed by atoms with E-state index in [9.17, 15) is 0 Å². The minimum atomic E-state index is 0.478. The molecule has 0 N–H and O–H groups in total. The Bertz CT molecular complexity index is 967. The Morgan fingerprint density at radius 3 is 2.62 bits per heavy atom. The average molecular weight is 393 g/mol. The molecule has 7 heteroatoms. The first-order chi connectivity index (χ1) is 14.2. The van der Waals surface area contributed by atoms with E-state index in [-0.39, 0.29) is 0 Å². The third-order valence-corrected chi connectivity index (χ3v) is 6.36. The molecule has 152 valence electrons. The fourth-order valence-corrected chi connectivity index (χ4v) is 4.92. The average Bonchev–Trinajstić information content (AvgIpc) is 3.51. The highest BCUT2D eigenvalue weighted by Gasteiger charge is 2.36. The van der Waals surface area contributed by atoms with Crippen molar-refractivity contribution in [3.05, 3.63) is 42.0 Å². The van der Waals surface area contributed by atoms with Crippen LogP contribution in [-0.2, 0) is 6.54 Å². The zero-order valence-electron chi connectivity index (χ0n) is 17.0. The second-order valence-corrected chi connectivity index (χ2v) is 8.20. The largest absolute Gasteiger partial charge is 0.419 e. The predicted octanol–water partition coefficient (Wildman–Crippen LogP) is 3.76. The van der Waals surface area contributed by atoms with Gasteiger partial charge in [-0.25, -0.2) is 0 Å². The molecule has 2 aliphatic rings. The standard InChI is InChI=1S/C22H27N5O2/c1-15-20(21(25-29-15)16-8-4-3-5-9-16)22-24-23-19(28-22)14-27-13-7-11-18(27)17-10-6-12-26(17)2/h3-5,8-9,17-18H,6-7,10-14H2,1-2H3/t17-,18+/m0/s1. The molecule has 0 aliphatic carbocycles. The zero-order chi connectivity index (χ0) is 19.8. The topological polar surface area (TPSA) is 71.4 Å². The second kappa shape index (κ2) is 7.72. The van der Waals surface area contributed by atoms with Crippen LogP contribution in [0, 0.1) is 6.92 Å². The van der Waals surface area contributed by atoms with Gasteiger partial charge in [-0.05, 0) is 52.7 Å². The van der Waals surface area contributed by atoms with Gasteiger partial charge in [0.2, 0.25) is 5.89 Å². The van der Waals surface area contributed by atoms with Crippen LogP contribution in [0.1, 0.15) is 37.3 Å². The quantitative estimate of drug-likeness (QED) is 0.653.